The minimum atomic E-state index is -0.303. The number of imidazole rings is 1. The summed E-state index contributed by atoms with van der Waals surface area (Å²) >= 11 is 0. The van der Waals surface area contributed by atoms with Crippen LogP contribution in [0.4, 0.5) is 9.18 Å². The molecule has 3 heterocycles. The topological polar surface area (TPSA) is 72.3 Å². The first-order chi connectivity index (χ1) is 14.2. The van der Waals surface area contributed by atoms with E-state index in [1.165, 1.54) is 12.1 Å². The number of urea groups is 1. The molecule has 2 amide bonds. The zero-order chi connectivity index (χ0) is 20.2. The average molecular weight is 397 g/mol. The van der Waals surface area contributed by atoms with Crippen molar-refractivity contribution in [3.05, 3.63) is 59.9 Å². The van der Waals surface area contributed by atoms with E-state index in [1.54, 1.807) is 30.3 Å². The predicted octanol–water partition coefficient (Wildman–Crippen LogP) is 2.92. The van der Waals surface area contributed by atoms with Gasteiger partial charge in [0.1, 0.15) is 11.6 Å². The number of aromatic nitrogens is 3. The number of ether oxygens (including phenoxy) is 1. The lowest BCUT2D eigenvalue weighted by Gasteiger charge is -2.18. The molecule has 1 unspecified atom stereocenters. The van der Waals surface area contributed by atoms with E-state index >= 15 is 0 Å². The molecule has 1 aliphatic heterocycles. The quantitative estimate of drug-likeness (QED) is 0.694. The van der Waals surface area contributed by atoms with E-state index in [2.05, 4.69) is 14.9 Å². The zero-order valence-corrected chi connectivity index (χ0v) is 16.3. The number of methoxy groups -OCH3 is 1. The summed E-state index contributed by atoms with van der Waals surface area (Å²) in [6, 6.07) is 8.02. The molecule has 7 nitrogen and oxygen atoms in total. The van der Waals surface area contributed by atoms with Crippen molar-refractivity contribution >= 4 is 17.1 Å². The molecule has 0 bridgehead atoms. The van der Waals surface area contributed by atoms with Gasteiger partial charge in [-0.1, -0.05) is 12.1 Å². The second-order valence-electron chi connectivity index (χ2n) is 7.20. The van der Waals surface area contributed by atoms with Gasteiger partial charge in [-0.3, -0.25) is 4.98 Å². The Morgan fingerprint density at radius 2 is 2.28 bits per heavy atom. The molecule has 1 aliphatic rings. The van der Waals surface area contributed by atoms with Crippen LogP contribution in [0.2, 0.25) is 0 Å². The molecule has 1 fully saturated rings. The molecule has 152 valence electrons. The molecule has 1 atom stereocenters. The van der Waals surface area contributed by atoms with Crippen LogP contribution in [0.5, 0.6) is 0 Å². The number of pyridine rings is 1. The van der Waals surface area contributed by atoms with Crippen LogP contribution in [0, 0.1) is 5.82 Å². The van der Waals surface area contributed by atoms with Crippen LogP contribution in [0.1, 0.15) is 23.7 Å². The highest BCUT2D eigenvalue weighted by Gasteiger charge is 2.31. The maximum atomic E-state index is 13.3. The number of halogens is 1. The molecule has 2 aromatic heterocycles. The fourth-order valence-corrected chi connectivity index (χ4v) is 3.81. The van der Waals surface area contributed by atoms with Crippen LogP contribution >= 0.6 is 0 Å². The molecule has 29 heavy (non-hydrogen) atoms. The van der Waals surface area contributed by atoms with Gasteiger partial charge < -0.3 is 19.5 Å². The van der Waals surface area contributed by atoms with Crippen molar-refractivity contribution in [1.82, 2.24) is 24.8 Å². The summed E-state index contributed by atoms with van der Waals surface area (Å²) in [6.07, 6.45) is 4.40. The number of amides is 2. The SMILES string of the molecule is COCCn1c(C2CCN(C(=O)NCc3cccc(F)c3)C2)nc2ccncc21. The van der Waals surface area contributed by atoms with Crippen LogP contribution in [0.3, 0.4) is 0 Å². The Morgan fingerprint density at radius 1 is 1.38 bits per heavy atom. The average Bonchev–Trinajstić information content (AvgIpc) is 3.35. The van der Waals surface area contributed by atoms with E-state index in [4.69, 9.17) is 9.72 Å². The number of carbonyl (C=O) groups is 1. The number of carbonyl (C=O) groups excluding carboxylic acids is 1. The summed E-state index contributed by atoms with van der Waals surface area (Å²) in [7, 11) is 1.68. The van der Waals surface area contributed by atoms with Gasteiger partial charge >= 0.3 is 6.03 Å². The fraction of sp³-hybridized carbons (Fsp3) is 0.381. The summed E-state index contributed by atoms with van der Waals surface area (Å²) in [4.78, 5) is 23.4. The van der Waals surface area contributed by atoms with Gasteiger partial charge in [-0.2, -0.15) is 0 Å². The lowest BCUT2D eigenvalue weighted by Crippen LogP contribution is -2.38. The Kier molecular flexibility index (Phi) is 5.71. The monoisotopic (exact) mass is 397 g/mol. The van der Waals surface area contributed by atoms with Crippen molar-refractivity contribution < 1.29 is 13.9 Å². The third kappa shape index (κ3) is 4.22. The Bertz CT molecular complexity index is 1010. The van der Waals surface area contributed by atoms with Gasteiger partial charge in [0, 0.05) is 45.4 Å². The number of nitrogens with zero attached hydrogens (tertiary/aromatic N) is 4. The second-order valence-corrected chi connectivity index (χ2v) is 7.20. The third-order valence-electron chi connectivity index (χ3n) is 5.27. The molecule has 0 aliphatic carbocycles. The number of fused-ring (bicyclic) bond motifs is 1. The second kappa shape index (κ2) is 8.57. The molecule has 0 spiro atoms. The van der Waals surface area contributed by atoms with Crippen molar-refractivity contribution in [1.29, 1.82) is 0 Å². The molecule has 0 saturated carbocycles. The molecule has 4 rings (SSSR count). The van der Waals surface area contributed by atoms with Crippen molar-refractivity contribution in [3.63, 3.8) is 0 Å². The molecule has 0 radical (unpaired) electrons. The van der Waals surface area contributed by atoms with Crippen LogP contribution in [0.15, 0.2) is 42.7 Å². The Morgan fingerprint density at radius 3 is 3.10 bits per heavy atom. The largest absolute Gasteiger partial charge is 0.383 e. The normalized spacial score (nSPS) is 16.5. The van der Waals surface area contributed by atoms with Gasteiger partial charge in [-0.05, 0) is 30.2 Å². The van der Waals surface area contributed by atoms with Crippen LogP contribution < -0.4 is 5.32 Å². The maximum absolute atomic E-state index is 13.3. The van der Waals surface area contributed by atoms with Crippen molar-refractivity contribution in [2.24, 2.45) is 0 Å². The fourth-order valence-electron chi connectivity index (χ4n) is 3.81. The van der Waals surface area contributed by atoms with E-state index in [1.807, 2.05) is 12.3 Å². The number of hydrogen-bond donors (Lipinski definition) is 1. The maximum Gasteiger partial charge on any atom is 0.317 e. The smallest absolute Gasteiger partial charge is 0.317 e. The predicted molar refractivity (Wildman–Crippen MR) is 107 cm³/mol. The van der Waals surface area contributed by atoms with Gasteiger partial charge in [-0.15, -0.1) is 0 Å². The van der Waals surface area contributed by atoms with Crippen LogP contribution in [-0.4, -0.2) is 52.3 Å². The van der Waals surface area contributed by atoms with E-state index in [0.29, 0.717) is 32.8 Å². The van der Waals surface area contributed by atoms with E-state index in [0.717, 1.165) is 28.8 Å². The number of hydrogen-bond acceptors (Lipinski definition) is 4. The van der Waals surface area contributed by atoms with Crippen LogP contribution in [0.25, 0.3) is 11.0 Å². The third-order valence-corrected chi connectivity index (χ3v) is 5.27. The van der Waals surface area contributed by atoms with Gasteiger partial charge in [-0.25, -0.2) is 14.2 Å². The summed E-state index contributed by atoms with van der Waals surface area (Å²) in [5.41, 5.74) is 2.62. The summed E-state index contributed by atoms with van der Waals surface area (Å²) in [6.45, 7) is 2.83. The highest BCUT2D eigenvalue weighted by atomic mass is 19.1. The first kappa shape index (κ1) is 19.3. The van der Waals surface area contributed by atoms with Gasteiger partial charge in [0.15, 0.2) is 0 Å². The van der Waals surface area contributed by atoms with Crippen molar-refractivity contribution in [2.75, 3.05) is 26.8 Å². The summed E-state index contributed by atoms with van der Waals surface area (Å²) < 4.78 is 20.7. The highest BCUT2D eigenvalue weighted by Crippen LogP contribution is 2.29. The minimum Gasteiger partial charge on any atom is -0.383 e. The number of nitrogens with one attached hydrogen (secondary N) is 1. The first-order valence-corrected chi connectivity index (χ1v) is 9.72. The van der Waals surface area contributed by atoms with Gasteiger partial charge in [0.05, 0.1) is 23.8 Å². The molecule has 1 N–H and O–H groups in total. The van der Waals surface area contributed by atoms with Crippen molar-refractivity contribution in [3.8, 4) is 0 Å². The van der Waals surface area contributed by atoms with Gasteiger partial charge in [0.2, 0.25) is 0 Å². The molecule has 1 aromatic carbocycles. The van der Waals surface area contributed by atoms with Gasteiger partial charge in [0.25, 0.3) is 0 Å². The van der Waals surface area contributed by atoms with E-state index in [-0.39, 0.29) is 17.8 Å². The van der Waals surface area contributed by atoms with E-state index < -0.39 is 0 Å². The Hall–Kier alpha value is -3.00. The molecule has 8 heteroatoms. The molecule has 1 saturated heterocycles. The lowest BCUT2D eigenvalue weighted by atomic mass is 10.1. The molecule has 3 aromatic rings. The number of benzene rings is 1. The summed E-state index contributed by atoms with van der Waals surface area (Å²) in [5, 5.41) is 2.88. The zero-order valence-electron chi connectivity index (χ0n) is 16.3. The number of likely N-dealkylation sites (tertiary alicyclic amines) is 1. The summed E-state index contributed by atoms with van der Waals surface area (Å²) in [5.74, 6) is 0.812. The number of rotatable bonds is 6. The highest BCUT2D eigenvalue weighted by molar-refractivity contribution is 5.76. The standard InChI is InChI=1S/C21H24FN5O2/c1-29-10-9-27-19-13-23-7-5-18(19)25-20(27)16-6-8-26(14-16)21(28)24-12-15-3-2-4-17(22)11-15/h2-5,7,11,13,16H,6,8-10,12,14H2,1H3,(H,24,28). The Balaban J connectivity index is 1.44. The van der Waals surface area contributed by atoms with E-state index in [9.17, 15) is 9.18 Å². The Labute approximate surface area is 168 Å². The van der Waals surface area contributed by atoms with Crippen LogP contribution in [-0.2, 0) is 17.8 Å². The first-order valence-electron chi connectivity index (χ1n) is 9.72. The lowest BCUT2D eigenvalue weighted by molar-refractivity contribution is 0.186. The minimum absolute atomic E-state index is 0.141. The van der Waals surface area contributed by atoms with Crippen molar-refractivity contribution in [2.45, 2.75) is 25.4 Å². The molecular formula is C21H24FN5O2. The molecular weight excluding hydrogens is 373 g/mol.